The number of hydrogen-bond acceptors (Lipinski definition) is 4. The van der Waals surface area contributed by atoms with Gasteiger partial charge in [-0.05, 0) is 26.2 Å². The van der Waals surface area contributed by atoms with Crippen molar-refractivity contribution in [3.05, 3.63) is 29.7 Å². The van der Waals surface area contributed by atoms with Crippen molar-refractivity contribution in [1.29, 1.82) is 0 Å². The molecule has 0 aromatic carbocycles. The quantitative estimate of drug-likeness (QED) is 0.796. The van der Waals surface area contributed by atoms with Gasteiger partial charge in [-0.2, -0.15) is 0 Å². The van der Waals surface area contributed by atoms with Gasteiger partial charge < -0.3 is 10.4 Å². The summed E-state index contributed by atoms with van der Waals surface area (Å²) in [5, 5.41) is 12.2. The van der Waals surface area contributed by atoms with Gasteiger partial charge in [0.25, 0.3) is 0 Å². The number of carboxylic acid groups (broad SMARTS) is 1. The fourth-order valence-electron chi connectivity index (χ4n) is 2.07. The standard InChI is InChI=1S/C13H17N3O2/c1-9-2-4-11(5-3-9)16-13-10(6-12(17)18)7-14-8-15-13/h2,7-8,11H,3-6H2,1H3,(H,17,18)(H,14,15,16). The lowest BCUT2D eigenvalue weighted by atomic mass is 9.96. The van der Waals surface area contributed by atoms with Gasteiger partial charge in [-0.3, -0.25) is 4.79 Å². The van der Waals surface area contributed by atoms with Crippen LogP contribution in [0.15, 0.2) is 24.2 Å². The molecule has 2 N–H and O–H groups in total. The molecule has 5 nitrogen and oxygen atoms in total. The van der Waals surface area contributed by atoms with Crippen LogP contribution >= 0.6 is 0 Å². The maximum absolute atomic E-state index is 10.8. The highest BCUT2D eigenvalue weighted by Crippen LogP contribution is 2.21. The largest absolute Gasteiger partial charge is 0.481 e. The number of allylic oxidation sites excluding steroid dienone is 1. The molecule has 18 heavy (non-hydrogen) atoms. The van der Waals surface area contributed by atoms with Crippen LogP contribution in [-0.4, -0.2) is 27.1 Å². The Morgan fingerprint density at radius 2 is 2.44 bits per heavy atom. The summed E-state index contributed by atoms with van der Waals surface area (Å²) in [4.78, 5) is 18.8. The topological polar surface area (TPSA) is 75.1 Å². The van der Waals surface area contributed by atoms with E-state index < -0.39 is 5.97 Å². The average Bonchev–Trinajstić information content (AvgIpc) is 2.34. The van der Waals surface area contributed by atoms with Gasteiger partial charge in [-0.25, -0.2) is 9.97 Å². The third-order valence-corrected chi connectivity index (χ3v) is 3.11. The van der Waals surface area contributed by atoms with Crippen molar-refractivity contribution in [3.63, 3.8) is 0 Å². The second-order valence-electron chi connectivity index (χ2n) is 4.63. The van der Waals surface area contributed by atoms with E-state index in [1.54, 1.807) is 6.20 Å². The van der Waals surface area contributed by atoms with Gasteiger partial charge in [0.2, 0.25) is 0 Å². The first-order chi connectivity index (χ1) is 8.65. The van der Waals surface area contributed by atoms with Crippen LogP contribution in [0.2, 0.25) is 0 Å². The van der Waals surface area contributed by atoms with E-state index in [1.165, 1.54) is 11.9 Å². The smallest absolute Gasteiger partial charge is 0.308 e. The molecular formula is C13H17N3O2. The number of nitrogens with one attached hydrogen (secondary N) is 1. The van der Waals surface area contributed by atoms with E-state index in [-0.39, 0.29) is 6.42 Å². The zero-order valence-electron chi connectivity index (χ0n) is 10.4. The van der Waals surface area contributed by atoms with E-state index in [2.05, 4.69) is 28.3 Å². The second kappa shape index (κ2) is 5.62. The maximum atomic E-state index is 10.8. The normalized spacial score (nSPS) is 19.2. The molecular weight excluding hydrogens is 230 g/mol. The molecule has 1 heterocycles. The fourth-order valence-corrected chi connectivity index (χ4v) is 2.07. The van der Waals surface area contributed by atoms with E-state index in [0.29, 0.717) is 17.4 Å². The molecule has 1 atom stereocenters. The van der Waals surface area contributed by atoms with Crippen molar-refractivity contribution in [3.8, 4) is 0 Å². The molecule has 1 aliphatic rings. The highest BCUT2D eigenvalue weighted by molar-refractivity contribution is 5.72. The van der Waals surface area contributed by atoms with Crippen LogP contribution in [0, 0.1) is 0 Å². The summed E-state index contributed by atoms with van der Waals surface area (Å²) < 4.78 is 0. The Kier molecular flexibility index (Phi) is 3.92. The molecule has 0 saturated carbocycles. The van der Waals surface area contributed by atoms with Crippen molar-refractivity contribution < 1.29 is 9.90 Å². The number of carbonyl (C=O) groups is 1. The molecule has 1 unspecified atom stereocenters. The number of rotatable bonds is 4. The lowest BCUT2D eigenvalue weighted by molar-refractivity contribution is -0.136. The second-order valence-corrected chi connectivity index (χ2v) is 4.63. The van der Waals surface area contributed by atoms with Crippen molar-refractivity contribution in [1.82, 2.24) is 9.97 Å². The minimum Gasteiger partial charge on any atom is -0.481 e. The zero-order chi connectivity index (χ0) is 13.0. The first-order valence-corrected chi connectivity index (χ1v) is 6.08. The molecule has 1 aliphatic carbocycles. The average molecular weight is 247 g/mol. The lowest BCUT2D eigenvalue weighted by Crippen LogP contribution is -2.23. The van der Waals surface area contributed by atoms with Crippen LogP contribution in [0.4, 0.5) is 5.82 Å². The van der Waals surface area contributed by atoms with Crippen LogP contribution in [-0.2, 0) is 11.2 Å². The fraction of sp³-hybridized carbons (Fsp3) is 0.462. The van der Waals surface area contributed by atoms with Crippen LogP contribution in [0.3, 0.4) is 0 Å². The van der Waals surface area contributed by atoms with Crippen molar-refractivity contribution in [2.45, 2.75) is 38.6 Å². The van der Waals surface area contributed by atoms with Crippen LogP contribution in [0.5, 0.6) is 0 Å². The number of nitrogens with zero attached hydrogens (tertiary/aromatic N) is 2. The Bertz CT molecular complexity index is 471. The van der Waals surface area contributed by atoms with E-state index in [9.17, 15) is 4.79 Å². The Morgan fingerprint density at radius 1 is 1.61 bits per heavy atom. The van der Waals surface area contributed by atoms with E-state index in [1.807, 2.05) is 0 Å². The highest BCUT2D eigenvalue weighted by Gasteiger charge is 2.15. The summed E-state index contributed by atoms with van der Waals surface area (Å²) in [5.74, 6) is -0.224. The molecule has 96 valence electrons. The Morgan fingerprint density at radius 3 is 3.11 bits per heavy atom. The molecule has 0 aliphatic heterocycles. The van der Waals surface area contributed by atoms with Crippen molar-refractivity contribution >= 4 is 11.8 Å². The minimum atomic E-state index is -0.868. The summed E-state index contributed by atoms with van der Waals surface area (Å²) in [7, 11) is 0. The molecule has 0 spiro atoms. The monoisotopic (exact) mass is 247 g/mol. The van der Waals surface area contributed by atoms with Gasteiger partial charge in [-0.15, -0.1) is 0 Å². The van der Waals surface area contributed by atoms with E-state index in [4.69, 9.17) is 5.11 Å². The van der Waals surface area contributed by atoms with Gasteiger partial charge in [-0.1, -0.05) is 11.6 Å². The van der Waals surface area contributed by atoms with Gasteiger partial charge >= 0.3 is 5.97 Å². The molecule has 1 aromatic heterocycles. The van der Waals surface area contributed by atoms with Crippen LogP contribution in [0.1, 0.15) is 31.7 Å². The Hall–Kier alpha value is -1.91. The Labute approximate surface area is 106 Å². The van der Waals surface area contributed by atoms with E-state index >= 15 is 0 Å². The summed E-state index contributed by atoms with van der Waals surface area (Å²) in [6.45, 7) is 2.14. The van der Waals surface area contributed by atoms with Gasteiger partial charge in [0.15, 0.2) is 0 Å². The maximum Gasteiger partial charge on any atom is 0.308 e. The molecule has 0 bridgehead atoms. The van der Waals surface area contributed by atoms with Crippen molar-refractivity contribution in [2.24, 2.45) is 0 Å². The molecule has 1 aromatic rings. The summed E-state index contributed by atoms with van der Waals surface area (Å²) in [5.41, 5.74) is 2.05. The first kappa shape index (κ1) is 12.5. The predicted octanol–water partition coefficient (Wildman–Crippen LogP) is 2.01. The number of hydrogen-bond donors (Lipinski definition) is 2. The third-order valence-electron chi connectivity index (χ3n) is 3.11. The highest BCUT2D eigenvalue weighted by atomic mass is 16.4. The molecule has 2 rings (SSSR count). The molecule has 0 fully saturated rings. The summed E-state index contributed by atoms with van der Waals surface area (Å²) >= 11 is 0. The number of aromatic nitrogens is 2. The number of anilines is 1. The van der Waals surface area contributed by atoms with Gasteiger partial charge in [0.1, 0.15) is 12.1 Å². The first-order valence-electron chi connectivity index (χ1n) is 6.08. The SMILES string of the molecule is CC1=CCC(Nc2ncncc2CC(=O)O)CC1. The van der Waals surface area contributed by atoms with E-state index in [0.717, 1.165) is 19.3 Å². The minimum absolute atomic E-state index is 0.0508. The van der Waals surface area contributed by atoms with Crippen LogP contribution < -0.4 is 5.32 Å². The summed E-state index contributed by atoms with van der Waals surface area (Å²) in [6.07, 6.45) is 8.27. The molecule has 0 saturated heterocycles. The van der Waals surface area contributed by atoms with Crippen LogP contribution in [0.25, 0.3) is 0 Å². The van der Waals surface area contributed by atoms with Gasteiger partial charge in [0.05, 0.1) is 6.42 Å². The predicted molar refractivity (Wildman–Crippen MR) is 68.4 cm³/mol. The molecule has 5 heteroatoms. The third kappa shape index (κ3) is 3.29. The lowest BCUT2D eigenvalue weighted by Gasteiger charge is -2.23. The molecule has 0 amide bonds. The summed E-state index contributed by atoms with van der Waals surface area (Å²) in [6, 6.07) is 0.330. The molecule has 0 radical (unpaired) electrons. The number of carboxylic acids is 1. The zero-order valence-corrected chi connectivity index (χ0v) is 10.4. The van der Waals surface area contributed by atoms with Gasteiger partial charge in [0, 0.05) is 17.8 Å². The number of aliphatic carboxylic acids is 1. The Balaban J connectivity index is 2.07. The van der Waals surface area contributed by atoms with Crippen molar-refractivity contribution in [2.75, 3.05) is 5.32 Å².